The second kappa shape index (κ2) is 7.21. The van der Waals surface area contributed by atoms with E-state index in [4.69, 9.17) is 23.2 Å². The fourth-order valence-electron chi connectivity index (χ4n) is 3.10. The third-order valence-corrected chi connectivity index (χ3v) is 5.12. The number of carbonyl (C=O) groups is 3. The second-order valence-electron chi connectivity index (χ2n) is 6.41. The molecule has 1 atom stereocenters. The quantitative estimate of drug-likeness (QED) is 0.760. The Morgan fingerprint density at radius 2 is 1.74 bits per heavy atom. The molecule has 0 saturated carbocycles. The lowest BCUT2D eigenvalue weighted by atomic mass is 9.88. The smallest absolute Gasteiger partial charge is 0.322 e. The number of carbonyl (C=O) groups excluding carboxylic acids is 3. The Kier molecular flexibility index (Phi) is 5.13. The monoisotopic (exact) mass is 405 g/mol. The number of benzene rings is 2. The van der Waals surface area contributed by atoms with Crippen LogP contribution in [0.4, 0.5) is 10.5 Å². The number of anilines is 1. The molecule has 0 bridgehead atoms. The van der Waals surface area contributed by atoms with Crippen LogP contribution in [0, 0.1) is 6.92 Å². The summed E-state index contributed by atoms with van der Waals surface area (Å²) in [6, 6.07) is 11.4. The Morgan fingerprint density at radius 3 is 2.37 bits per heavy atom. The van der Waals surface area contributed by atoms with Gasteiger partial charge in [-0.15, -0.1) is 0 Å². The van der Waals surface area contributed by atoms with Gasteiger partial charge in [0, 0.05) is 0 Å². The maximum absolute atomic E-state index is 12.9. The highest BCUT2D eigenvalue weighted by Gasteiger charge is 2.50. The van der Waals surface area contributed by atoms with E-state index < -0.39 is 29.9 Å². The van der Waals surface area contributed by atoms with Gasteiger partial charge in [0.25, 0.3) is 5.91 Å². The molecule has 1 fully saturated rings. The molecule has 1 aliphatic rings. The Hall–Kier alpha value is -2.57. The van der Waals surface area contributed by atoms with Gasteiger partial charge in [0.15, 0.2) is 0 Å². The largest absolute Gasteiger partial charge is 0.325 e. The van der Waals surface area contributed by atoms with Crippen LogP contribution < -0.4 is 10.6 Å². The predicted octanol–water partition coefficient (Wildman–Crippen LogP) is 3.71. The number of nitrogens with zero attached hydrogens (tertiary/aromatic N) is 1. The molecule has 1 unspecified atom stereocenters. The van der Waals surface area contributed by atoms with Crippen molar-refractivity contribution in [1.29, 1.82) is 0 Å². The molecule has 6 nitrogen and oxygen atoms in total. The molecule has 3 rings (SSSR count). The highest BCUT2D eigenvalue weighted by atomic mass is 35.5. The summed E-state index contributed by atoms with van der Waals surface area (Å²) in [5, 5.41) is 5.76. The summed E-state index contributed by atoms with van der Waals surface area (Å²) in [6.45, 7) is 3.03. The number of urea groups is 1. The number of aryl methyl sites for hydroxylation is 1. The highest BCUT2D eigenvalue weighted by molar-refractivity contribution is 6.39. The van der Waals surface area contributed by atoms with Crippen LogP contribution >= 0.6 is 23.2 Å². The molecule has 2 aromatic rings. The standard InChI is InChI=1S/C19H17Cl2N3O3/c1-11-6-3-4-7-12(11)19(2)17(26)24(18(27)23-19)10-15(25)22-16-13(20)8-5-9-14(16)21/h3-9H,10H2,1-2H3,(H,22,25)(H,23,27). The van der Waals surface area contributed by atoms with Crippen LogP contribution in [0.15, 0.2) is 42.5 Å². The summed E-state index contributed by atoms with van der Waals surface area (Å²) in [4.78, 5) is 38.5. The molecular weight excluding hydrogens is 389 g/mol. The molecule has 0 aromatic heterocycles. The molecule has 1 heterocycles. The van der Waals surface area contributed by atoms with Crippen LogP contribution in [-0.4, -0.2) is 29.3 Å². The summed E-state index contributed by atoms with van der Waals surface area (Å²) in [7, 11) is 0. The molecule has 140 valence electrons. The lowest BCUT2D eigenvalue weighted by Crippen LogP contribution is -2.42. The number of imide groups is 1. The minimum atomic E-state index is -1.23. The molecular formula is C19H17Cl2N3O3. The van der Waals surface area contributed by atoms with E-state index in [-0.39, 0.29) is 15.7 Å². The van der Waals surface area contributed by atoms with E-state index in [1.165, 1.54) is 0 Å². The van der Waals surface area contributed by atoms with Gasteiger partial charge in [-0.2, -0.15) is 0 Å². The first-order valence-corrected chi connectivity index (χ1v) is 8.93. The van der Waals surface area contributed by atoms with Gasteiger partial charge in [-0.3, -0.25) is 14.5 Å². The molecule has 1 saturated heterocycles. The Morgan fingerprint density at radius 1 is 1.11 bits per heavy atom. The number of hydrogen-bond acceptors (Lipinski definition) is 3. The lowest BCUT2D eigenvalue weighted by molar-refractivity contribution is -0.133. The number of amides is 4. The van der Waals surface area contributed by atoms with E-state index in [1.54, 1.807) is 37.3 Å². The van der Waals surface area contributed by atoms with E-state index in [1.807, 2.05) is 19.1 Å². The van der Waals surface area contributed by atoms with Gasteiger partial charge in [0.2, 0.25) is 5.91 Å². The van der Waals surface area contributed by atoms with Crippen molar-refractivity contribution < 1.29 is 14.4 Å². The Balaban J connectivity index is 1.80. The van der Waals surface area contributed by atoms with Crippen LogP contribution in [0.25, 0.3) is 0 Å². The molecule has 2 N–H and O–H groups in total. The average Bonchev–Trinajstić information content (AvgIpc) is 2.82. The third kappa shape index (κ3) is 3.50. The minimum absolute atomic E-state index is 0.236. The van der Waals surface area contributed by atoms with Gasteiger partial charge in [-0.1, -0.05) is 53.5 Å². The third-order valence-electron chi connectivity index (χ3n) is 4.49. The summed E-state index contributed by atoms with van der Waals surface area (Å²) < 4.78 is 0. The van der Waals surface area contributed by atoms with E-state index in [0.717, 1.165) is 10.5 Å². The molecule has 0 aliphatic carbocycles. The molecule has 2 aromatic carbocycles. The van der Waals surface area contributed by atoms with Crippen molar-refractivity contribution >= 4 is 46.7 Å². The molecule has 8 heteroatoms. The van der Waals surface area contributed by atoms with Crippen molar-refractivity contribution in [2.75, 3.05) is 11.9 Å². The van der Waals surface area contributed by atoms with Crippen LogP contribution in [0.2, 0.25) is 10.0 Å². The fourth-order valence-corrected chi connectivity index (χ4v) is 3.59. The van der Waals surface area contributed by atoms with E-state index >= 15 is 0 Å². The van der Waals surface area contributed by atoms with E-state index in [2.05, 4.69) is 10.6 Å². The molecule has 4 amide bonds. The van der Waals surface area contributed by atoms with Gasteiger partial charge in [0.1, 0.15) is 12.1 Å². The molecule has 1 aliphatic heterocycles. The number of halogens is 2. The zero-order valence-corrected chi connectivity index (χ0v) is 16.2. The number of nitrogens with one attached hydrogen (secondary N) is 2. The van der Waals surface area contributed by atoms with Gasteiger partial charge in [0.05, 0.1) is 15.7 Å². The predicted molar refractivity (Wildman–Crippen MR) is 104 cm³/mol. The van der Waals surface area contributed by atoms with Crippen molar-refractivity contribution in [2.24, 2.45) is 0 Å². The average molecular weight is 406 g/mol. The van der Waals surface area contributed by atoms with Crippen molar-refractivity contribution in [3.63, 3.8) is 0 Å². The van der Waals surface area contributed by atoms with Gasteiger partial charge in [-0.05, 0) is 37.1 Å². The normalized spacial score (nSPS) is 19.2. The highest BCUT2D eigenvalue weighted by Crippen LogP contribution is 2.32. The summed E-state index contributed by atoms with van der Waals surface area (Å²) in [5.41, 5.74) is 0.549. The summed E-state index contributed by atoms with van der Waals surface area (Å²) >= 11 is 12.1. The van der Waals surface area contributed by atoms with E-state index in [0.29, 0.717) is 5.56 Å². The van der Waals surface area contributed by atoms with Crippen molar-refractivity contribution in [3.8, 4) is 0 Å². The number of para-hydroxylation sites is 1. The SMILES string of the molecule is Cc1ccccc1C1(C)NC(=O)N(CC(=O)Nc2c(Cl)cccc2Cl)C1=O. The molecule has 0 radical (unpaired) electrons. The number of hydrogen-bond donors (Lipinski definition) is 2. The lowest BCUT2D eigenvalue weighted by Gasteiger charge is -2.24. The first-order valence-electron chi connectivity index (χ1n) is 8.18. The summed E-state index contributed by atoms with van der Waals surface area (Å²) in [6.07, 6.45) is 0. The van der Waals surface area contributed by atoms with Crippen LogP contribution in [0.5, 0.6) is 0 Å². The van der Waals surface area contributed by atoms with Crippen molar-refractivity contribution in [2.45, 2.75) is 19.4 Å². The second-order valence-corrected chi connectivity index (χ2v) is 7.22. The topological polar surface area (TPSA) is 78.5 Å². The zero-order valence-electron chi connectivity index (χ0n) is 14.7. The maximum Gasteiger partial charge on any atom is 0.325 e. The Labute approximate surface area is 166 Å². The minimum Gasteiger partial charge on any atom is -0.322 e. The van der Waals surface area contributed by atoms with Crippen LogP contribution in [-0.2, 0) is 15.1 Å². The Bertz CT molecular complexity index is 927. The number of rotatable bonds is 4. The molecule has 0 spiro atoms. The first kappa shape index (κ1) is 19.2. The van der Waals surface area contributed by atoms with E-state index in [9.17, 15) is 14.4 Å². The fraction of sp³-hybridized carbons (Fsp3) is 0.211. The van der Waals surface area contributed by atoms with Gasteiger partial charge >= 0.3 is 6.03 Å². The molecule has 27 heavy (non-hydrogen) atoms. The van der Waals surface area contributed by atoms with Crippen LogP contribution in [0.1, 0.15) is 18.1 Å². The van der Waals surface area contributed by atoms with Crippen molar-refractivity contribution in [1.82, 2.24) is 10.2 Å². The van der Waals surface area contributed by atoms with Crippen LogP contribution in [0.3, 0.4) is 0 Å². The summed E-state index contributed by atoms with van der Waals surface area (Å²) in [5.74, 6) is -1.08. The maximum atomic E-state index is 12.9. The van der Waals surface area contributed by atoms with Crippen molar-refractivity contribution in [3.05, 3.63) is 63.6 Å². The van der Waals surface area contributed by atoms with Gasteiger partial charge in [-0.25, -0.2) is 4.79 Å². The van der Waals surface area contributed by atoms with Gasteiger partial charge < -0.3 is 10.6 Å². The first-order chi connectivity index (χ1) is 12.7. The zero-order chi connectivity index (χ0) is 19.8.